The number of aryl methyl sites for hydroxylation is 1. The highest BCUT2D eigenvalue weighted by Crippen LogP contribution is 2.21. The Morgan fingerprint density at radius 1 is 0.897 bits per heavy atom. The van der Waals surface area contributed by atoms with Gasteiger partial charge in [0.05, 0.1) is 6.10 Å². The standard InChI is InChI=1S/C32H37N3O4/c1-34(22-26-16-9-4-10-17-26)32(39)28(20-25-14-7-3-8-15-25)33-31(38)29-21-27(36)23-35(29)30(37)19-11-18-24-12-5-2-6-13-24/h2-10,12-17,27-29,36H,11,18-23H2,1H3,(H,33,38)/t27-,28-,29?/m1/s1. The highest BCUT2D eigenvalue weighted by Gasteiger charge is 2.40. The predicted octanol–water partition coefficient (Wildman–Crippen LogP) is 3.36. The van der Waals surface area contributed by atoms with Crippen LogP contribution in [0.1, 0.15) is 36.0 Å². The lowest BCUT2D eigenvalue weighted by Crippen LogP contribution is -2.54. The Balaban J connectivity index is 1.42. The Hall–Kier alpha value is -3.97. The Morgan fingerprint density at radius 3 is 2.08 bits per heavy atom. The zero-order chi connectivity index (χ0) is 27.6. The number of nitrogens with zero attached hydrogens (tertiary/aromatic N) is 2. The molecule has 0 spiro atoms. The molecule has 1 aliphatic heterocycles. The van der Waals surface area contributed by atoms with Gasteiger partial charge in [-0.2, -0.15) is 0 Å². The van der Waals surface area contributed by atoms with E-state index in [0.29, 0.717) is 19.4 Å². The van der Waals surface area contributed by atoms with Crippen LogP contribution in [0.4, 0.5) is 0 Å². The van der Waals surface area contributed by atoms with Gasteiger partial charge in [-0.15, -0.1) is 0 Å². The fourth-order valence-corrected chi connectivity index (χ4v) is 5.09. The number of carbonyl (C=O) groups excluding carboxylic acids is 3. The van der Waals surface area contributed by atoms with Gasteiger partial charge in [-0.25, -0.2) is 0 Å². The molecule has 39 heavy (non-hydrogen) atoms. The number of benzene rings is 3. The average Bonchev–Trinajstić information content (AvgIpc) is 3.36. The Kier molecular flexibility index (Phi) is 9.86. The first-order valence-electron chi connectivity index (χ1n) is 13.6. The number of hydrogen-bond acceptors (Lipinski definition) is 4. The molecular formula is C32H37N3O4. The fraction of sp³-hybridized carbons (Fsp3) is 0.344. The van der Waals surface area contributed by atoms with Crippen molar-refractivity contribution in [2.24, 2.45) is 0 Å². The number of rotatable bonds is 11. The van der Waals surface area contributed by atoms with Gasteiger partial charge in [0.25, 0.3) is 0 Å². The number of amides is 3. The molecule has 4 rings (SSSR count). The number of aliphatic hydroxyl groups excluding tert-OH is 1. The number of carbonyl (C=O) groups is 3. The summed E-state index contributed by atoms with van der Waals surface area (Å²) in [6.45, 7) is 0.530. The maximum Gasteiger partial charge on any atom is 0.245 e. The first-order valence-corrected chi connectivity index (χ1v) is 13.6. The van der Waals surface area contributed by atoms with Crippen LogP contribution < -0.4 is 5.32 Å². The number of aliphatic hydroxyl groups is 1. The van der Waals surface area contributed by atoms with E-state index in [1.165, 1.54) is 4.90 Å². The van der Waals surface area contributed by atoms with Crippen molar-refractivity contribution in [2.45, 2.75) is 56.8 Å². The summed E-state index contributed by atoms with van der Waals surface area (Å²) in [5.41, 5.74) is 3.07. The summed E-state index contributed by atoms with van der Waals surface area (Å²) in [5, 5.41) is 13.3. The number of hydrogen-bond donors (Lipinski definition) is 2. The van der Waals surface area contributed by atoms with Crippen molar-refractivity contribution in [3.63, 3.8) is 0 Å². The second kappa shape index (κ2) is 13.7. The number of likely N-dealkylation sites (tertiary alicyclic amines) is 1. The summed E-state index contributed by atoms with van der Waals surface area (Å²) in [5.74, 6) is -0.782. The van der Waals surface area contributed by atoms with E-state index < -0.39 is 24.1 Å². The minimum Gasteiger partial charge on any atom is -0.391 e. The lowest BCUT2D eigenvalue weighted by molar-refractivity contribution is -0.141. The SMILES string of the molecule is CN(Cc1ccccc1)C(=O)[C@@H](Cc1ccccc1)NC(=O)C1C[C@@H](O)CN1C(=O)CCCc1ccccc1. The van der Waals surface area contributed by atoms with Crippen LogP contribution in [0.25, 0.3) is 0 Å². The van der Waals surface area contributed by atoms with Gasteiger partial charge >= 0.3 is 0 Å². The summed E-state index contributed by atoms with van der Waals surface area (Å²) in [7, 11) is 1.72. The van der Waals surface area contributed by atoms with Crippen molar-refractivity contribution < 1.29 is 19.5 Å². The number of nitrogens with one attached hydrogen (secondary N) is 1. The van der Waals surface area contributed by atoms with Crippen LogP contribution in [0.3, 0.4) is 0 Å². The van der Waals surface area contributed by atoms with E-state index in [1.54, 1.807) is 11.9 Å². The van der Waals surface area contributed by atoms with Crippen LogP contribution in [-0.4, -0.2) is 64.4 Å². The van der Waals surface area contributed by atoms with E-state index in [2.05, 4.69) is 5.32 Å². The lowest BCUT2D eigenvalue weighted by Gasteiger charge is -2.28. The van der Waals surface area contributed by atoms with Gasteiger partial charge in [0.15, 0.2) is 0 Å². The lowest BCUT2D eigenvalue weighted by atomic mass is 10.0. The highest BCUT2D eigenvalue weighted by molar-refractivity contribution is 5.92. The molecule has 0 radical (unpaired) electrons. The minimum absolute atomic E-state index is 0.119. The van der Waals surface area contributed by atoms with Crippen LogP contribution in [0.5, 0.6) is 0 Å². The molecule has 3 aromatic rings. The molecule has 1 saturated heterocycles. The monoisotopic (exact) mass is 527 g/mol. The second-order valence-corrected chi connectivity index (χ2v) is 10.2. The van der Waals surface area contributed by atoms with Gasteiger partial charge in [-0.1, -0.05) is 91.0 Å². The van der Waals surface area contributed by atoms with Crippen molar-refractivity contribution >= 4 is 17.7 Å². The maximum atomic E-state index is 13.5. The Bertz CT molecular complexity index is 1220. The van der Waals surface area contributed by atoms with Gasteiger partial charge in [0.1, 0.15) is 12.1 Å². The third-order valence-electron chi connectivity index (χ3n) is 7.14. The maximum absolute atomic E-state index is 13.5. The molecule has 0 aliphatic carbocycles. The quantitative estimate of drug-likeness (QED) is 0.400. The van der Waals surface area contributed by atoms with Gasteiger partial charge in [-0.3, -0.25) is 14.4 Å². The highest BCUT2D eigenvalue weighted by atomic mass is 16.3. The molecule has 3 aromatic carbocycles. The summed E-state index contributed by atoms with van der Waals surface area (Å²) < 4.78 is 0. The molecule has 2 N–H and O–H groups in total. The van der Waals surface area contributed by atoms with Gasteiger partial charge in [0, 0.05) is 39.4 Å². The predicted molar refractivity (Wildman–Crippen MR) is 150 cm³/mol. The van der Waals surface area contributed by atoms with Crippen molar-refractivity contribution in [2.75, 3.05) is 13.6 Å². The van der Waals surface area contributed by atoms with Crippen molar-refractivity contribution in [1.82, 2.24) is 15.1 Å². The first kappa shape index (κ1) is 28.0. The summed E-state index contributed by atoms with van der Waals surface area (Å²) in [4.78, 5) is 43.2. The first-order chi connectivity index (χ1) is 18.9. The Labute approximate surface area is 230 Å². The molecule has 3 atom stereocenters. The van der Waals surface area contributed by atoms with E-state index in [4.69, 9.17) is 0 Å². The topological polar surface area (TPSA) is 89.9 Å². The third kappa shape index (κ3) is 8.01. The smallest absolute Gasteiger partial charge is 0.245 e. The van der Waals surface area contributed by atoms with Crippen molar-refractivity contribution in [1.29, 1.82) is 0 Å². The van der Waals surface area contributed by atoms with Crippen LogP contribution in [-0.2, 0) is 33.8 Å². The molecule has 1 fully saturated rings. The van der Waals surface area contributed by atoms with E-state index in [9.17, 15) is 19.5 Å². The molecule has 1 heterocycles. The average molecular weight is 528 g/mol. The molecule has 204 valence electrons. The molecule has 3 amide bonds. The molecule has 1 unspecified atom stereocenters. The molecule has 1 aliphatic rings. The molecule has 7 nitrogen and oxygen atoms in total. The Morgan fingerprint density at radius 2 is 1.46 bits per heavy atom. The zero-order valence-corrected chi connectivity index (χ0v) is 22.4. The normalized spacial score (nSPS) is 17.4. The largest absolute Gasteiger partial charge is 0.391 e. The van der Waals surface area contributed by atoms with Crippen LogP contribution >= 0.6 is 0 Å². The van der Waals surface area contributed by atoms with Gasteiger partial charge < -0.3 is 20.2 Å². The van der Waals surface area contributed by atoms with Gasteiger partial charge in [-0.05, 0) is 29.5 Å². The van der Waals surface area contributed by atoms with E-state index >= 15 is 0 Å². The summed E-state index contributed by atoms with van der Waals surface area (Å²) in [6, 6.07) is 27.6. The van der Waals surface area contributed by atoms with Crippen LogP contribution in [0.2, 0.25) is 0 Å². The molecule has 0 bridgehead atoms. The molecule has 0 aromatic heterocycles. The second-order valence-electron chi connectivity index (χ2n) is 10.2. The van der Waals surface area contributed by atoms with E-state index in [1.807, 2.05) is 91.0 Å². The van der Waals surface area contributed by atoms with Crippen LogP contribution in [0.15, 0.2) is 91.0 Å². The number of β-amino-alcohol motifs (C(OH)–C–C–N with tert-alkyl or cyclic N) is 1. The number of likely N-dealkylation sites (N-methyl/N-ethyl adjacent to an activating group) is 1. The minimum atomic E-state index is -0.810. The van der Waals surface area contributed by atoms with Crippen molar-refractivity contribution in [3.05, 3.63) is 108 Å². The van der Waals surface area contributed by atoms with Crippen molar-refractivity contribution in [3.8, 4) is 0 Å². The molecule has 0 saturated carbocycles. The van der Waals surface area contributed by atoms with Crippen LogP contribution in [0, 0.1) is 0 Å². The van der Waals surface area contributed by atoms with E-state index in [-0.39, 0.29) is 31.2 Å². The van der Waals surface area contributed by atoms with Gasteiger partial charge in [0.2, 0.25) is 17.7 Å². The molecule has 7 heteroatoms. The third-order valence-corrected chi connectivity index (χ3v) is 7.14. The van der Waals surface area contributed by atoms with E-state index in [0.717, 1.165) is 23.1 Å². The summed E-state index contributed by atoms with van der Waals surface area (Å²) >= 11 is 0. The zero-order valence-electron chi connectivity index (χ0n) is 22.4. The molecular weight excluding hydrogens is 490 g/mol. The summed E-state index contributed by atoms with van der Waals surface area (Å²) in [6.07, 6.45) is 1.41. The fourth-order valence-electron chi connectivity index (χ4n) is 5.09.